The lowest BCUT2D eigenvalue weighted by molar-refractivity contribution is -0.343. The highest BCUT2D eigenvalue weighted by molar-refractivity contribution is 5.99. The van der Waals surface area contributed by atoms with Gasteiger partial charge in [0.1, 0.15) is 6.42 Å². The van der Waals surface area contributed by atoms with E-state index in [1.807, 2.05) is 0 Å². The summed E-state index contributed by atoms with van der Waals surface area (Å²) >= 11 is 0. The normalized spacial score (nSPS) is 13.7. The fourth-order valence-corrected chi connectivity index (χ4v) is 0.601. The van der Waals surface area contributed by atoms with E-state index < -0.39 is 36.2 Å². The van der Waals surface area contributed by atoms with Crippen LogP contribution in [0.4, 0.5) is 30.7 Å². The second-order valence-corrected chi connectivity index (χ2v) is 2.64. The zero-order valence-electron chi connectivity index (χ0n) is 7.12. The van der Waals surface area contributed by atoms with Crippen molar-refractivity contribution in [3.05, 3.63) is 0 Å². The molecule has 3 nitrogen and oxygen atoms in total. The highest BCUT2D eigenvalue weighted by Gasteiger charge is 2.75. The Bertz CT molecular complexity index is 306. The Morgan fingerprint density at radius 3 is 1.56 bits per heavy atom. The average molecular weight is 256 g/mol. The number of rotatable bonds is 4. The zero-order chi connectivity index (χ0) is 13.4. The highest BCUT2D eigenvalue weighted by Crippen LogP contribution is 2.47. The third-order valence-electron chi connectivity index (χ3n) is 1.41. The van der Waals surface area contributed by atoms with Crippen LogP contribution in [0.3, 0.4) is 0 Å². The van der Waals surface area contributed by atoms with E-state index in [-0.39, 0.29) is 0 Å². The van der Waals surface area contributed by atoms with Gasteiger partial charge in [-0.25, -0.2) is 0 Å². The number of aliphatic carboxylic acids is 1. The molecule has 0 aromatic rings. The molecule has 0 radical (unpaired) electrons. The summed E-state index contributed by atoms with van der Waals surface area (Å²) in [7, 11) is 0. The van der Waals surface area contributed by atoms with Crippen molar-refractivity contribution in [2.24, 2.45) is 0 Å². The summed E-state index contributed by atoms with van der Waals surface area (Å²) < 4.78 is 83.5. The second kappa shape index (κ2) is 3.91. The smallest absolute Gasteiger partial charge is 0.460 e. The minimum Gasteiger partial charge on any atom is -0.481 e. The lowest BCUT2D eigenvalue weighted by Gasteiger charge is -2.26. The molecule has 0 aromatic heterocycles. The van der Waals surface area contributed by atoms with Crippen LogP contribution in [0.15, 0.2) is 0 Å². The number of carboxylic acids is 1. The number of alkyl halides is 7. The zero-order valence-corrected chi connectivity index (χ0v) is 7.12. The molecule has 0 aliphatic carbocycles. The molecule has 16 heavy (non-hydrogen) atoms. The summed E-state index contributed by atoms with van der Waals surface area (Å²) in [4.78, 5) is 20.0. The lowest BCUT2D eigenvalue weighted by atomic mass is 10.0. The molecule has 0 saturated carbocycles. The van der Waals surface area contributed by atoms with Gasteiger partial charge in [-0.05, 0) is 0 Å². The number of hydrogen-bond acceptors (Lipinski definition) is 2. The van der Waals surface area contributed by atoms with Gasteiger partial charge in [0.2, 0.25) is 5.78 Å². The molecule has 0 aromatic carbocycles. The first-order valence-electron chi connectivity index (χ1n) is 3.41. The van der Waals surface area contributed by atoms with Crippen LogP contribution in [0.2, 0.25) is 0 Å². The maximum atomic E-state index is 12.4. The molecule has 0 unspecified atom stereocenters. The van der Waals surface area contributed by atoms with Crippen LogP contribution >= 0.6 is 0 Å². The van der Waals surface area contributed by atoms with Crippen LogP contribution < -0.4 is 0 Å². The number of ketones is 1. The Labute approximate surface area is 82.8 Å². The van der Waals surface area contributed by atoms with Crippen LogP contribution in [0.5, 0.6) is 0 Å². The van der Waals surface area contributed by atoms with Gasteiger partial charge >= 0.3 is 24.0 Å². The Morgan fingerprint density at radius 1 is 0.938 bits per heavy atom. The number of Topliss-reactive ketones (excluding diaryl/α,β-unsaturated/α-hetero) is 1. The van der Waals surface area contributed by atoms with Crippen molar-refractivity contribution in [2.75, 3.05) is 0 Å². The van der Waals surface area contributed by atoms with E-state index in [0.29, 0.717) is 0 Å². The van der Waals surface area contributed by atoms with E-state index in [9.17, 15) is 40.3 Å². The topological polar surface area (TPSA) is 54.4 Å². The predicted octanol–water partition coefficient (Wildman–Crippen LogP) is 1.86. The van der Waals surface area contributed by atoms with E-state index >= 15 is 0 Å². The van der Waals surface area contributed by atoms with Crippen molar-refractivity contribution in [1.29, 1.82) is 0 Å². The molecule has 0 aliphatic heterocycles. The summed E-state index contributed by atoms with van der Waals surface area (Å²) in [6, 6.07) is 0. The molecule has 0 fully saturated rings. The highest BCUT2D eigenvalue weighted by atomic mass is 19.4. The van der Waals surface area contributed by atoms with Gasteiger partial charge in [0.25, 0.3) is 0 Å². The van der Waals surface area contributed by atoms with Crippen LogP contribution in [0.25, 0.3) is 0 Å². The van der Waals surface area contributed by atoms with Crippen molar-refractivity contribution in [2.45, 2.75) is 24.4 Å². The van der Waals surface area contributed by atoms with E-state index in [1.165, 1.54) is 0 Å². The molecule has 0 rings (SSSR count). The fraction of sp³-hybridized carbons (Fsp3) is 0.667. The summed E-state index contributed by atoms with van der Waals surface area (Å²) in [5, 5.41) is 7.84. The Morgan fingerprint density at radius 2 is 1.31 bits per heavy atom. The average Bonchev–Trinajstić information content (AvgIpc) is 2.00. The van der Waals surface area contributed by atoms with E-state index in [1.54, 1.807) is 0 Å². The van der Waals surface area contributed by atoms with Gasteiger partial charge in [0, 0.05) is 0 Å². The van der Waals surface area contributed by atoms with E-state index in [4.69, 9.17) is 5.11 Å². The van der Waals surface area contributed by atoms with Gasteiger partial charge < -0.3 is 5.11 Å². The Kier molecular flexibility index (Phi) is 3.58. The summed E-state index contributed by atoms with van der Waals surface area (Å²) in [5.41, 5.74) is 0. The van der Waals surface area contributed by atoms with Crippen LogP contribution in [-0.2, 0) is 9.59 Å². The summed E-state index contributed by atoms with van der Waals surface area (Å²) in [5.74, 6) is -18.0. The number of carbonyl (C=O) groups excluding carboxylic acids is 1. The molecule has 0 saturated heterocycles. The molecule has 0 amide bonds. The first-order chi connectivity index (χ1) is 6.84. The number of halogens is 7. The second-order valence-electron chi connectivity index (χ2n) is 2.64. The maximum Gasteiger partial charge on any atom is 0.460 e. The van der Waals surface area contributed by atoms with E-state index in [2.05, 4.69) is 0 Å². The van der Waals surface area contributed by atoms with Gasteiger partial charge in [-0.15, -0.1) is 0 Å². The third kappa shape index (κ3) is 2.42. The minimum atomic E-state index is -6.65. The van der Waals surface area contributed by atoms with Gasteiger partial charge in [-0.2, -0.15) is 30.7 Å². The fourth-order valence-electron chi connectivity index (χ4n) is 0.601. The van der Waals surface area contributed by atoms with Crippen LogP contribution in [0.1, 0.15) is 6.42 Å². The Hall–Kier alpha value is -1.35. The molecule has 0 bridgehead atoms. The van der Waals surface area contributed by atoms with Gasteiger partial charge in [0.05, 0.1) is 0 Å². The van der Waals surface area contributed by atoms with Gasteiger partial charge in [-0.1, -0.05) is 0 Å². The number of carbonyl (C=O) groups is 2. The van der Waals surface area contributed by atoms with Gasteiger partial charge in [0.15, 0.2) is 0 Å². The van der Waals surface area contributed by atoms with Crippen LogP contribution in [-0.4, -0.2) is 34.9 Å². The van der Waals surface area contributed by atoms with Crippen molar-refractivity contribution in [3.8, 4) is 0 Å². The van der Waals surface area contributed by atoms with E-state index in [0.717, 1.165) is 0 Å². The summed E-state index contributed by atoms with van der Waals surface area (Å²) in [6.45, 7) is 0. The van der Waals surface area contributed by atoms with Crippen molar-refractivity contribution in [3.63, 3.8) is 0 Å². The largest absolute Gasteiger partial charge is 0.481 e. The van der Waals surface area contributed by atoms with Crippen molar-refractivity contribution >= 4 is 11.8 Å². The molecule has 0 aliphatic rings. The first kappa shape index (κ1) is 14.7. The number of hydrogen-bond donors (Lipinski definition) is 1. The SMILES string of the molecule is O=C(O)CC(=O)C(F)(F)C(F)(F)C(F)(F)F. The Balaban J connectivity index is 5.19. The minimum absolute atomic E-state index is 2.13. The number of carboxylic acid groups (broad SMARTS) is 1. The summed E-state index contributed by atoms with van der Waals surface area (Å²) in [6.07, 6.45) is -8.77. The lowest BCUT2D eigenvalue weighted by Crippen LogP contribution is -2.56. The third-order valence-corrected chi connectivity index (χ3v) is 1.41. The molecule has 0 atom stereocenters. The van der Waals surface area contributed by atoms with Crippen molar-refractivity contribution < 1.29 is 45.4 Å². The van der Waals surface area contributed by atoms with Crippen LogP contribution in [0, 0.1) is 0 Å². The molecular weight excluding hydrogens is 253 g/mol. The maximum absolute atomic E-state index is 12.4. The molecule has 94 valence electrons. The molecular formula is C6H3F7O3. The molecule has 10 heteroatoms. The molecule has 1 N–H and O–H groups in total. The van der Waals surface area contributed by atoms with Crippen molar-refractivity contribution in [1.82, 2.24) is 0 Å². The molecule has 0 heterocycles. The standard InChI is InChI=1S/C6H3F7O3/c7-4(8,2(14)1-3(15)16)5(9,10)6(11,12)13/h1H2,(H,15,16). The van der Waals surface area contributed by atoms with Gasteiger partial charge in [-0.3, -0.25) is 9.59 Å². The monoisotopic (exact) mass is 256 g/mol. The predicted molar refractivity (Wildman–Crippen MR) is 33.2 cm³/mol. The molecule has 0 spiro atoms. The first-order valence-corrected chi connectivity index (χ1v) is 3.41. The quantitative estimate of drug-likeness (QED) is 0.617.